The van der Waals surface area contributed by atoms with Gasteiger partial charge in [0, 0.05) is 18.8 Å². The van der Waals surface area contributed by atoms with Crippen LogP contribution in [0.25, 0.3) is 0 Å². The summed E-state index contributed by atoms with van der Waals surface area (Å²) in [4.78, 5) is 6.61. The van der Waals surface area contributed by atoms with E-state index < -0.39 is 6.10 Å². The lowest BCUT2D eigenvalue weighted by molar-refractivity contribution is 0.0557. The van der Waals surface area contributed by atoms with Crippen LogP contribution in [0.15, 0.2) is 48.7 Å². The van der Waals surface area contributed by atoms with Gasteiger partial charge in [-0.15, -0.1) is 0 Å². The van der Waals surface area contributed by atoms with E-state index in [1.165, 1.54) is 5.56 Å². The summed E-state index contributed by atoms with van der Waals surface area (Å²) in [6.45, 7) is 7.86. The Bertz CT molecular complexity index is 539. The van der Waals surface area contributed by atoms with Crippen LogP contribution >= 0.6 is 0 Å². The zero-order valence-electron chi connectivity index (χ0n) is 13.0. The van der Waals surface area contributed by atoms with E-state index in [0.717, 1.165) is 24.3 Å². The molecule has 0 aliphatic carbocycles. The molecule has 112 valence electrons. The number of pyridine rings is 1. The summed E-state index contributed by atoms with van der Waals surface area (Å²) in [6, 6.07) is 14.1. The third-order valence-electron chi connectivity index (χ3n) is 3.95. The molecule has 0 fully saturated rings. The average Bonchev–Trinajstić information content (AvgIpc) is 2.53. The van der Waals surface area contributed by atoms with E-state index in [2.05, 4.69) is 30.7 Å². The minimum Gasteiger partial charge on any atom is -0.387 e. The van der Waals surface area contributed by atoms with Crippen molar-refractivity contribution in [1.29, 1.82) is 0 Å². The van der Waals surface area contributed by atoms with Crippen molar-refractivity contribution in [3.05, 3.63) is 65.5 Å². The lowest BCUT2D eigenvalue weighted by Crippen LogP contribution is -2.37. The van der Waals surface area contributed by atoms with Crippen molar-refractivity contribution < 1.29 is 5.11 Å². The molecule has 1 N–H and O–H groups in total. The fourth-order valence-corrected chi connectivity index (χ4v) is 2.49. The van der Waals surface area contributed by atoms with E-state index in [9.17, 15) is 5.11 Å². The van der Waals surface area contributed by atoms with Gasteiger partial charge in [-0.25, -0.2) is 0 Å². The van der Waals surface area contributed by atoms with E-state index in [-0.39, 0.29) is 6.04 Å². The van der Waals surface area contributed by atoms with Gasteiger partial charge in [0.15, 0.2) is 0 Å². The fraction of sp³-hybridized carbons (Fsp3) is 0.389. The van der Waals surface area contributed by atoms with Crippen molar-refractivity contribution in [1.82, 2.24) is 9.88 Å². The second-order valence-electron chi connectivity index (χ2n) is 5.48. The van der Waals surface area contributed by atoms with Gasteiger partial charge < -0.3 is 5.11 Å². The largest absolute Gasteiger partial charge is 0.387 e. The lowest BCUT2D eigenvalue weighted by Gasteiger charge is -2.31. The molecule has 2 aromatic rings. The summed E-state index contributed by atoms with van der Waals surface area (Å²) < 4.78 is 0. The first-order valence-electron chi connectivity index (χ1n) is 7.50. The van der Waals surface area contributed by atoms with E-state index in [4.69, 9.17) is 0 Å². The maximum absolute atomic E-state index is 10.6. The van der Waals surface area contributed by atoms with E-state index in [0.29, 0.717) is 0 Å². The van der Waals surface area contributed by atoms with Crippen molar-refractivity contribution >= 4 is 0 Å². The molecule has 2 atom stereocenters. The number of hydrogen-bond acceptors (Lipinski definition) is 3. The minimum atomic E-state index is -0.491. The summed E-state index contributed by atoms with van der Waals surface area (Å²) in [5.41, 5.74) is 3.20. The molecule has 0 spiro atoms. The quantitative estimate of drug-likeness (QED) is 0.884. The topological polar surface area (TPSA) is 36.4 Å². The van der Waals surface area contributed by atoms with Crippen molar-refractivity contribution in [3.8, 4) is 0 Å². The van der Waals surface area contributed by atoms with Gasteiger partial charge >= 0.3 is 0 Å². The van der Waals surface area contributed by atoms with Gasteiger partial charge in [-0.1, -0.05) is 42.8 Å². The van der Waals surface area contributed by atoms with Crippen molar-refractivity contribution in [3.63, 3.8) is 0 Å². The van der Waals surface area contributed by atoms with Crippen LogP contribution in [-0.4, -0.2) is 27.6 Å². The first-order valence-corrected chi connectivity index (χ1v) is 7.50. The lowest BCUT2D eigenvalue weighted by atomic mass is 10.0. The molecular formula is C18H24N2O. The zero-order valence-corrected chi connectivity index (χ0v) is 13.0. The number of aliphatic hydroxyl groups excluding tert-OH is 1. The monoisotopic (exact) mass is 284 g/mol. The molecule has 3 heteroatoms. The Morgan fingerprint density at radius 2 is 1.86 bits per heavy atom. The minimum absolute atomic E-state index is 0.0414. The normalized spacial score (nSPS) is 14.1. The average molecular weight is 284 g/mol. The number of likely N-dealkylation sites (N-methyl/N-ethyl adjacent to an activating group) is 1. The molecule has 0 radical (unpaired) electrons. The second kappa shape index (κ2) is 7.34. The molecule has 0 amide bonds. The molecule has 0 saturated heterocycles. The highest BCUT2D eigenvalue weighted by molar-refractivity contribution is 5.24. The van der Waals surface area contributed by atoms with Crippen molar-refractivity contribution in [2.75, 3.05) is 6.54 Å². The number of aryl methyl sites for hydroxylation is 1. The molecule has 0 aliphatic rings. The predicted molar refractivity (Wildman–Crippen MR) is 85.9 cm³/mol. The Balaban J connectivity index is 2.08. The van der Waals surface area contributed by atoms with Crippen molar-refractivity contribution in [2.24, 2.45) is 0 Å². The van der Waals surface area contributed by atoms with Gasteiger partial charge in [0.05, 0.1) is 11.8 Å². The van der Waals surface area contributed by atoms with Crippen LogP contribution in [0.4, 0.5) is 0 Å². The SMILES string of the molecule is CCN(Cc1ccccn1)C(C)C(O)c1ccc(C)cc1. The summed E-state index contributed by atoms with van der Waals surface area (Å²) in [6.07, 6.45) is 1.32. The molecular weight excluding hydrogens is 260 g/mol. The second-order valence-corrected chi connectivity index (χ2v) is 5.48. The molecule has 1 aromatic carbocycles. The Morgan fingerprint density at radius 3 is 2.43 bits per heavy atom. The molecule has 0 aliphatic heterocycles. The third-order valence-corrected chi connectivity index (χ3v) is 3.95. The number of aromatic nitrogens is 1. The van der Waals surface area contributed by atoms with E-state index in [1.54, 1.807) is 0 Å². The predicted octanol–water partition coefficient (Wildman–Crippen LogP) is 3.33. The van der Waals surface area contributed by atoms with Crippen molar-refractivity contribution in [2.45, 2.75) is 39.5 Å². The van der Waals surface area contributed by atoms with Crippen LogP contribution in [0.2, 0.25) is 0 Å². The Hall–Kier alpha value is -1.71. The highest BCUT2D eigenvalue weighted by atomic mass is 16.3. The van der Waals surface area contributed by atoms with Gasteiger partial charge in [0.25, 0.3) is 0 Å². The van der Waals surface area contributed by atoms with Gasteiger partial charge in [-0.3, -0.25) is 9.88 Å². The summed E-state index contributed by atoms with van der Waals surface area (Å²) >= 11 is 0. The number of nitrogens with zero attached hydrogens (tertiary/aromatic N) is 2. The molecule has 3 nitrogen and oxygen atoms in total. The van der Waals surface area contributed by atoms with Crippen LogP contribution < -0.4 is 0 Å². The molecule has 21 heavy (non-hydrogen) atoms. The van der Waals surface area contributed by atoms with Crippen LogP contribution in [0.1, 0.15) is 36.8 Å². The summed E-state index contributed by atoms with van der Waals surface area (Å²) in [5.74, 6) is 0. The summed E-state index contributed by atoms with van der Waals surface area (Å²) in [5, 5.41) is 10.6. The number of benzene rings is 1. The van der Waals surface area contributed by atoms with Gasteiger partial charge in [-0.05, 0) is 38.1 Å². The maximum atomic E-state index is 10.6. The summed E-state index contributed by atoms with van der Waals surface area (Å²) in [7, 11) is 0. The molecule has 1 aromatic heterocycles. The Labute approximate surface area is 127 Å². The van der Waals surface area contributed by atoms with Crippen LogP contribution in [-0.2, 0) is 6.54 Å². The number of hydrogen-bond donors (Lipinski definition) is 1. The molecule has 2 unspecified atom stereocenters. The molecule has 2 rings (SSSR count). The van der Waals surface area contributed by atoms with Gasteiger partial charge in [0.2, 0.25) is 0 Å². The molecule has 0 saturated carbocycles. The van der Waals surface area contributed by atoms with Gasteiger partial charge in [0.1, 0.15) is 0 Å². The first kappa shape index (κ1) is 15.7. The number of aliphatic hydroxyl groups is 1. The first-order chi connectivity index (χ1) is 10.1. The highest BCUT2D eigenvalue weighted by Gasteiger charge is 2.22. The number of rotatable bonds is 6. The van der Waals surface area contributed by atoms with Gasteiger partial charge in [-0.2, -0.15) is 0 Å². The third kappa shape index (κ3) is 4.13. The van der Waals surface area contributed by atoms with E-state index >= 15 is 0 Å². The Kier molecular flexibility index (Phi) is 5.48. The van der Waals surface area contributed by atoms with E-state index in [1.807, 2.05) is 48.7 Å². The Morgan fingerprint density at radius 1 is 1.14 bits per heavy atom. The van der Waals surface area contributed by atoms with Crippen LogP contribution in [0.5, 0.6) is 0 Å². The van der Waals surface area contributed by atoms with Crippen LogP contribution in [0.3, 0.4) is 0 Å². The standard InChI is InChI=1S/C18H24N2O/c1-4-20(13-17-7-5-6-12-19-17)15(3)18(21)16-10-8-14(2)9-11-16/h5-12,15,18,21H,4,13H2,1-3H3. The molecule has 0 bridgehead atoms. The van der Waals surface area contributed by atoms with Crippen LogP contribution in [0, 0.1) is 6.92 Å². The highest BCUT2D eigenvalue weighted by Crippen LogP contribution is 2.22. The zero-order chi connectivity index (χ0) is 15.2. The molecule has 1 heterocycles. The fourth-order valence-electron chi connectivity index (χ4n) is 2.49. The smallest absolute Gasteiger partial charge is 0.0942 e. The maximum Gasteiger partial charge on any atom is 0.0942 e.